The van der Waals surface area contributed by atoms with Crippen LogP contribution >= 0.6 is 0 Å². The molecule has 0 saturated carbocycles. The average Bonchev–Trinajstić information content (AvgIpc) is 3.33. The lowest BCUT2D eigenvalue weighted by molar-refractivity contribution is 0.0746. The number of rotatable bonds is 4. The second-order valence-corrected chi connectivity index (χ2v) is 10.1. The van der Waals surface area contributed by atoms with Crippen LogP contribution in [-0.2, 0) is 16.4 Å². The molecule has 3 aromatic rings. The molecular formula is C25H23N5O3S. The molecule has 172 valence electrons. The van der Waals surface area contributed by atoms with Crippen molar-refractivity contribution in [1.82, 2.24) is 9.88 Å². The van der Waals surface area contributed by atoms with Gasteiger partial charge in [-0.05, 0) is 48.4 Å². The van der Waals surface area contributed by atoms with Gasteiger partial charge in [0, 0.05) is 44.5 Å². The van der Waals surface area contributed by atoms with E-state index in [1.165, 1.54) is 16.4 Å². The molecule has 0 spiro atoms. The normalized spacial score (nSPS) is 15.7. The molecule has 0 unspecified atom stereocenters. The van der Waals surface area contributed by atoms with E-state index in [0.717, 1.165) is 5.56 Å². The number of fused-ring (bicyclic) bond motifs is 1. The lowest BCUT2D eigenvalue weighted by Crippen LogP contribution is -2.49. The number of aromatic nitrogens is 1. The topological polar surface area (TPSA) is 97.6 Å². The van der Waals surface area contributed by atoms with Gasteiger partial charge in [0.2, 0.25) is 0 Å². The molecule has 1 amide bonds. The molecule has 2 aliphatic heterocycles. The Balaban J connectivity index is 1.32. The molecule has 0 atom stereocenters. The fourth-order valence-electron chi connectivity index (χ4n) is 4.51. The zero-order valence-corrected chi connectivity index (χ0v) is 19.3. The monoisotopic (exact) mass is 473 g/mol. The molecule has 0 bridgehead atoms. The SMILES string of the molecule is N#Cc1cccnc1N1CCN(C(=O)c2cccc(S(=O)(=O)N3CCc4ccccc43)c2)CC1. The van der Waals surface area contributed by atoms with Crippen LogP contribution in [0.15, 0.2) is 71.8 Å². The molecule has 3 heterocycles. The molecule has 1 aromatic heterocycles. The molecule has 2 aliphatic rings. The minimum absolute atomic E-state index is 0.112. The second-order valence-electron chi connectivity index (χ2n) is 8.25. The van der Waals surface area contributed by atoms with Gasteiger partial charge in [-0.3, -0.25) is 9.10 Å². The highest BCUT2D eigenvalue weighted by atomic mass is 32.2. The van der Waals surface area contributed by atoms with Crippen LogP contribution in [0.1, 0.15) is 21.5 Å². The Kier molecular flexibility index (Phi) is 5.67. The Hall–Kier alpha value is -3.90. The maximum atomic E-state index is 13.4. The Morgan fingerprint density at radius 2 is 1.74 bits per heavy atom. The molecule has 0 aliphatic carbocycles. The number of amides is 1. The summed E-state index contributed by atoms with van der Waals surface area (Å²) in [6, 6.07) is 19.4. The predicted octanol–water partition coefficient (Wildman–Crippen LogP) is 2.67. The highest BCUT2D eigenvalue weighted by Crippen LogP contribution is 2.33. The number of carbonyl (C=O) groups excluding carboxylic acids is 1. The molecule has 1 fully saturated rings. The second kappa shape index (κ2) is 8.80. The van der Waals surface area contributed by atoms with Gasteiger partial charge in [-0.1, -0.05) is 24.3 Å². The minimum atomic E-state index is -3.78. The number of hydrogen-bond acceptors (Lipinski definition) is 6. The van der Waals surface area contributed by atoms with Crippen molar-refractivity contribution in [1.29, 1.82) is 5.26 Å². The predicted molar refractivity (Wildman–Crippen MR) is 128 cm³/mol. The van der Waals surface area contributed by atoms with Crippen LogP contribution < -0.4 is 9.21 Å². The highest BCUT2D eigenvalue weighted by Gasteiger charge is 2.31. The minimum Gasteiger partial charge on any atom is -0.352 e. The van der Waals surface area contributed by atoms with Gasteiger partial charge in [0.25, 0.3) is 15.9 Å². The van der Waals surface area contributed by atoms with Gasteiger partial charge in [0.05, 0.1) is 16.1 Å². The van der Waals surface area contributed by atoms with Crippen LogP contribution in [0.25, 0.3) is 0 Å². The summed E-state index contributed by atoms with van der Waals surface area (Å²) in [5.41, 5.74) is 2.55. The van der Waals surface area contributed by atoms with Crippen LogP contribution in [0, 0.1) is 11.3 Å². The van der Waals surface area contributed by atoms with Gasteiger partial charge in [-0.15, -0.1) is 0 Å². The number of carbonyl (C=O) groups is 1. The summed E-state index contributed by atoms with van der Waals surface area (Å²) >= 11 is 0. The molecule has 34 heavy (non-hydrogen) atoms. The summed E-state index contributed by atoms with van der Waals surface area (Å²) < 4.78 is 28.2. The van der Waals surface area contributed by atoms with Crippen LogP contribution in [0.2, 0.25) is 0 Å². The number of piperazine rings is 1. The quantitative estimate of drug-likeness (QED) is 0.578. The summed E-state index contributed by atoms with van der Waals surface area (Å²) in [5.74, 6) is 0.413. The van der Waals surface area contributed by atoms with E-state index in [-0.39, 0.29) is 10.8 Å². The fraction of sp³-hybridized carbons (Fsp3) is 0.240. The molecule has 8 nitrogen and oxygen atoms in total. The molecule has 0 radical (unpaired) electrons. The summed E-state index contributed by atoms with van der Waals surface area (Å²) in [6.45, 7) is 2.38. The van der Waals surface area contributed by atoms with Crippen molar-refractivity contribution in [2.45, 2.75) is 11.3 Å². The summed E-state index contributed by atoms with van der Waals surface area (Å²) in [6.07, 6.45) is 2.32. The van der Waals surface area contributed by atoms with E-state index in [1.807, 2.05) is 29.2 Å². The van der Waals surface area contributed by atoms with Gasteiger partial charge in [-0.2, -0.15) is 5.26 Å². The van der Waals surface area contributed by atoms with Gasteiger partial charge in [-0.25, -0.2) is 13.4 Å². The van der Waals surface area contributed by atoms with Gasteiger partial charge >= 0.3 is 0 Å². The summed E-state index contributed by atoms with van der Waals surface area (Å²) in [4.78, 5) is 21.3. The van der Waals surface area contributed by atoms with Crippen molar-refractivity contribution < 1.29 is 13.2 Å². The Bertz CT molecular complexity index is 1390. The van der Waals surface area contributed by atoms with E-state index in [0.29, 0.717) is 61.8 Å². The Labute approximate surface area is 198 Å². The number of nitriles is 1. The first-order valence-electron chi connectivity index (χ1n) is 11.1. The molecule has 1 saturated heterocycles. The number of benzene rings is 2. The van der Waals surface area contributed by atoms with Crippen molar-refractivity contribution in [2.75, 3.05) is 41.9 Å². The number of para-hydroxylation sites is 1. The van der Waals surface area contributed by atoms with Gasteiger partial charge < -0.3 is 9.80 Å². The maximum absolute atomic E-state index is 13.4. The third-order valence-electron chi connectivity index (χ3n) is 6.29. The summed E-state index contributed by atoms with van der Waals surface area (Å²) in [5, 5.41) is 9.33. The van der Waals surface area contributed by atoms with Crippen LogP contribution in [0.4, 0.5) is 11.5 Å². The first-order valence-corrected chi connectivity index (χ1v) is 12.5. The third-order valence-corrected chi connectivity index (χ3v) is 8.10. The number of nitrogens with zero attached hydrogens (tertiary/aromatic N) is 5. The van der Waals surface area contributed by atoms with Crippen molar-refractivity contribution in [3.63, 3.8) is 0 Å². The van der Waals surface area contributed by atoms with E-state index in [4.69, 9.17) is 0 Å². The summed E-state index contributed by atoms with van der Waals surface area (Å²) in [7, 11) is -3.78. The smallest absolute Gasteiger partial charge is 0.264 e. The third kappa shape index (κ3) is 3.86. The largest absolute Gasteiger partial charge is 0.352 e. The van der Waals surface area contributed by atoms with Crippen LogP contribution in [-0.4, -0.2) is 56.9 Å². The molecule has 0 N–H and O–H groups in total. The van der Waals surface area contributed by atoms with E-state index in [1.54, 1.807) is 35.4 Å². The van der Waals surface area contributed by atoms with Crippen molar-refractivity contribution in [3.8, 4) is 6.07 Å². The standard InChI is InChI=1S/C25H23N5O3S/c26-18-21-7-4-11-27-24(21)28-13-15-29(16-14-28)25(31)20-6-3-8-22(17-20)34(32,33)30-12-10-19-5-1-2-9-23(19)30/h1-9,11,17H,10,12-16H2. The lowest BCUT2D eigenvalue weighted by Gasteiger charge is -2.35. The van der Waals surface area contributed by atoms with E-state index < -0.39 is 10.0 Å². The first kappa shape index (κ1) is 21.9. The van der Waals surface area contributed by atoms with E-state index in [2.05, 4.69) is 11.1 Å². The van der Waals surface area contributed by atoms with Gasteiger partial charge in [0.1, 0.15) is 11.9 Å². The number of pyridine rings is 1. The van der Waals surface area contributed by atoms with Crippen LogP contribution in [0.5, 0.6) is 0 Å². The number of anilines is 2. The Morgan fingerprint density at radius 3 is 2.53 bits per heavy atom. The van der Waals surface area contributed by atoms with E-state index >= 15 is 0 Å². The van der Waals surface area contributed by atoms with Crippen molar-refractivity contribution >= 4 is 27.4 Å². The zero-order valence-electron chi connectivity index (χ0n) is 18.5. The molecular weight excluding hydrogens is 450 g/mol. The Morgan fingerprint density at radius 1 is 0.941 bits per heavy atom. The average molecular weight is 474 g/mol. The first-order chi connectivity index (χ1) is 16.5. The zero-order chi connectivity index (χ0) is 23.7. The highest BCUT2D eigenvalue weighted by molar-refractivity contribution is 7.92. The molecule has 5 rings (SSSR count). The fourth-order valence-corrected chi connectivity index (χ4v) is 6.06. The molecule has 2 aromatic carbocycles. The lowest BCUT2D eigenvalue weighted by atomic mass is 10.1. The number of hydrogen-bond donors (Lipinski definition) is 0. The van der Waals surface area contributed by atoms with Crippen molar-refractivity contribution in [3.05, 3.63) is 83.6 Å². The van der Waals surface area contributed by atoms with Gasteiger partial charge in [0.15, 0.2) is 0 Å². The van der Waals surface area contributed by atoms with Crippen molar-refractivity contribution in [2.24, 2.45) is 0 Å². The molecule has 9 heteroatoms. The maximum Gasteiger partial charge on any atom is 0.264 e. The van der Waals surface area contributed by atoms with Crippen LogP contribution in [0.3, 0.4) is 0 Å². The number of sulfonamides is 1. The van der Waals surface area contributed by atoms with E-state index in [9.17, 15) is 18.5 Å².